The van der Waals surface area contributed by atoms with E-state index in [0.717, 1.165) is 37.2 Å². The Morgan fingerprint density at radius 1 is 1.28 bits per heavy atom. The van der Waals surface area contributed by atoms with Crippen LogP contribution < -0.4 is 10.6 Å². The molecule has 1 aromatic carbocycles. The summed E-state index contributed by atoms with van der Waals surface area (Å²) in [5, 5.41) is 6.14. The van der Waals surface area contributed by atoms with E-state index in [-0.39, 0.29) is 5.91 Å². The zero-order valence-corrected chi connectivity index (χ0v) is 15.5. The molecule has 0 heterocycles. The fourth-order valence-electron chi connectivity index (χ4n) is 2.44. The Labute approximate surface area is 150 Å². The van der Waals surface area contributed by atoms with Gasteiger partial charge in [-0.25, -0.2) is 0 Å². The lowest BCUT2D eigenvalue weighted by atomic mass is 10.1. The summed E-state index contributed by atoms with van der Waals surface area (Å²) >= 11 is 0. The number of rotatable bonds is 9. The number of amides is 1. The van der Waals surface area contributed by atoms with Gasteiger partial charge in [0, 0.05) is 45.9 Å². The van der Waals surface area contributed by atoms with Gasteiger partial charge in [0.25, 0.3) is 5.91 Å². The SMILES string of the molecule is CCNC(=O)c1ccc(CNC(=NC)N(C)CCOCC2CC2)cc1. The quantitative estimate of drug-likeness (QED) is 0.407. The highest BCUT2D eigenvalue weighted by Crippen LogP contribution is 2.28. The van der Waals surface area contributed by atoms with E-state index < -0.39 is 0 Å². The number of hydrogen-bond donors (Lipinski definition) is 2. The number of hydrogen-bond acceptors (Lipinski definition) is 3. The molecule has 6 nitrogen and oxygen atoms in total. The highest BCUT2D eigenvalue weighted by Gasteiger charge is 2.21. The summed E-state index contributed by atoms with van der Waals surface area (Å²) in [4.78, 5) is 18.1. The van der Waals surface area contributed by atoms with Crippen molar-refractivity contribution in [2.45, 2.75) is 26.3 Å². The molecule has 0 bridgehead atoms. The van der Waals surface area contributed by atoms with Crippen molar-refractivity contribution < 1.29 is 9.53 Å². The van der Waals surface area contributed by atoms with E-state index >= 15 is 0 Å². The fourth-order valence-corrected chi connectivity index (χ4v) is 2.44. The Bertz CT molecular complexity index is 567. The number of likely N-dealkylation sites (N-methyl/N-ethyl adjacent to an activating group) is 1. The summed E-state index contributed by atoms with van der Waals surface area (Å²) in [5.74, 6) is 1.59. The topological polar surface area (TPSA) is 66.0 Å². The van der Waals surface area contributed by atoms with Crippen LogP contribution in [0.5, 0.6) is 0 Å². The smallest absolute Gasteiger partial charge is 0.251 e. The molecule has 0 aromatic heterocycles. The van der Waals surface area contributed by atoms with Crippen molar-refractivity contribution in [3.05, 3.63) is 35.4 Å². The van der Waals surface area contributed by atoms with Crippen LogP contribution in [-0.4, -0.2) is 57.2 Å². The third-order valence-corrected chi connectivity index (χ3v) is 4.20. The van der Waals surface area contributed by atoms with Crippen LogP contribution in [0.25, 0.3) is 0 Å². The first-order chi connectivity index (χ1) is 12.1. The van der Waals surface area contributed by atoms with Crippen molar-refractivity contribution in [2.75, 3.05) is 40.4 Å². The first-order valence-electron chi connectivity index (χ1n) is 9.00. The molecule has 0 aliphatic heterocycles. The average Bonchev–Trinajstić information content (AvgIpc) is 3.44. The molecule has 1 aliphatic carbocycles. The lowest BCUT2D eigenvalue weighted by molar-refractivity contribution is 0.0956. The van der Waals surface area contributed by atoms with Crippen molar-refractivity contribution in [1.29, 1.82) is 0 Å². The molecule has 1 aromatic rings. The molecule has 2 N–H and O–H groups in total. The largest absolute Gasteiger partial charge is 0.379 e. The molecule has 2 rings (SSSR count). The van der Waals surface area contributed by atoms with Gasteiger partial charge in [-0.05, 0) is 43.4 Å². The Kier molecular flexibility index (Phi) is 7.73. The van der Waals surface area contributed by atoms with Gasteiger partial charge in [0.15, 0.2) is 5.96 Å². The Morgan fingerprint density at radius 2 is 2.00 bits per heavy atom. The van der Waals surface area contributed by atoms with Gasteiger partial charge in [-0.15, -0.1) is 0 Å². The molecular weight excluding hydrogens is 316 g/mol. The molecule has 0 unspecified atom stereocenters. The van der Waals surface area contributed by atoms with Gasteiger partial charge >= 0.3 is 0 Å². The Balaban J connectivity index is 1.74. The number of benzene rings is 1. The predicted molar refractivity (Wildman–Crippen MR) is 101 cm³/mol. The van der Waals surface area contributed by atoms with E-state index in [1.807, 2.05) is 38.2 Å². The summed E-state index contributed by atoms with van der Waals surface area (Å²) in [6.07, 6.45) is 2.63. The fraction of sp³-hybridized carbons (Fsp3) is 0.579. The van der Waals surface area contributed by atoms with Gasteiger partial charge in [-0.2, -0.15) is 0 Å². The average molecular weight is 346 g/mol. The van der Waals surface area contributed by atoms with Crippen LogP contribution >= 0.6 is 0 Å². The van der Waals surface area contributed by atoms with Gasteiger partial charge in [0.05, 0.1) is 6.61 Å². The second kappa shape index (κ2) is 10.0. The maximum absolute atomic E-state index is 11.8. The minimum Gasteiger partial charge on any atom is -0.379 e. The third-order valence-electron chi connectivity index (χ3n) is 4.20. The molecule has 0 atom stereocenters. The zero-order chi connectivity index (χ0) is 18.1. The molecule has 1 aliphatic rings. The van der Waals surface area contributed by atoms with Crippen LogP contribution in [0.15, 0.2) is 29.3 Å². The minimum absolute atomic E-state index is 0.0382. The molecule has 0 radical (unpaired) electrons. The molecular formula is C19H30N4O2. The second-order valence-corrected chi connectivity index (χ2v) is 6.40. The Morgan fingerprint density at radius 3 is 2.60 bits per heavy atom. The van der Waals surface area contributed by atoms with E-state index in [1.54, 1.807) is 7.05 Å². The van der Waals surface area contributed by atoms with E-state index in [2.05, 4.69) is 20.5 Å². The highest BCUT2D eigenvalue weighted by atomic mass is 16.5. The van der Waals surface area contributed by atoms with Crippen molar-refractivity contribution >= 4 is 11.9 Å². The summed E-state index contributed by atoms with van der Waals surface area (Å²) in [5.41, 5.74) is 1.78. The van der Waals surface area contributed by atoms with E-state index in [9.17, 15) is 4.79 Å². The van der Waals surface area contributed by atoms with E-state index in [1.165, 1.54) is 12.8 Å². The zero-order valence-electron chi connectivity index (χ0n) is 15.5. The van der Waals surface area contributed by atoms with E-state index in [0.29, 0.717) is 18.7 Å². The number of guanidine groups is 1. The molecule has 1 fully saturated rings. The summed E-state index contributed by atoms with van der Waals surface area (Å²) in [6.45, 7) is 5.62. The van der Waals surface area contributed by atoms with Crippen molar-refractivity contribution in [2.24, 2.45) is 10.9 Å². The lowest BCUT2D eigenvalue weighted by Gasteiger charge is -2.22. The van der Waals surface area contributed by atoms with Crippen molar-refractivity contribution in [1.82, 2.24) is 15.5 Å². The van der Waals surface area contributed by atoms with Gasteiger partial charge < -0.3 is 20.3 Å². The van der Waals surface area contributed by atoms with Crippen LogP contribution in [0.2, 0.25) is 0 Å². The van der Waals surface area contributed by atoms with Crippen molar-refractivity contribution in [3.8, 4) is 0 Å². The standard InChI is InChI=1S/C19H30N4O2/c1-4-21-18(24)17-9-7-15(8-10-17)13-22-19(20-2)23(3)11-12-25-14-16-5-6-16/h7-10,16H,4-6,11-14H2,1-3H3,(H,20,22)(H,21,24). The van der Waals surface area contributed by atoms with Gasteiger partial charge in [-0.1, -0.05) is 12.1 Å². The lowest BCUT2D eigenvalue weighted by Crippen LogP contribution is -2.40. The molecule has 6 heteroatoms. The number of nitrogens with zero attached hydrogens (tertiary/aromatic N) is 2. The molecule has 1 amide bonds. The summed E-state index contributed by atoms with van der Waals surface area (Å²) < 4.78 is 5.68. The van der Waals surface area contributed by atoms with Gasteiger partial charge in [0.1, 0.15) is 0 Å². The molecule has 1 saturated carbocycles. The molecule has 25 heavy (non-hydrogen) atoms. The summed E-state index contributed by atoms with van der Waals surface area (Å²) in [7, 11) is 3.79. The van der Waals surface area contributed by atoms with Crippen LogP contribution in [0.4, 0.5) is 0 Å². The minimum atomic E-state index is -0.0382. The highest BCUT2D eigenvalue weighted by molar-refractivity contribution is 5.94. The number of nitrogens with one attached hydrogen (secondary N) is 2. The van der Waals surface area contributed by atoms with E-state index in [4.69, 9.17) is 4.74 Å². The molecule has 138 valence electrons. The third kappa shape index (κ3) is 6.74. The van der Waals surface area contributed by atoms with Gasteiger partial charge in [0.2, 0.25) is 0 Å². The number of ether oxygens (including phenoxy) is 1. The monoisotopic (exact) mass is 346 g/mol. The maximum atomic E-state index is 11.8. The number of carbonyl (C=O) groups excluding carboxylic acids is 1. The van der Waals surface area contributed by atoms with Crippen LogP contribution in [0, 0.1) is 5.92 Å². The maximum Gasteiger partial charge on any atom is 0.251 e. The van der Waals surface area contributed by atoms with Crippen LogP contribution in [0.1, 0.15) is 35.7 Å². The summed E-state index contributed by atoms with van der Waals surface area (Å²) in [6, 6.07) is 7.62. The van der Waals surface area contributed by atoms with Crippen LogP contribution in [-0.2, 0) is 11.3 Å². The number of aliphatic imine (C=N–C) groups is 1. The molecule has 0 spiro atoms. The molecule has 0 saturated heterocycles. The first kappa shape index (κ1) is 19.2. The Hall–Kier alpha value is -2.08. The normalized spacial score (nSPS) is 14.3. The van der Waals surface area contributed by atoms with Gasteiger partial charge in [-0.3, -0.25) is 9.79 Å². The van der Waals surface area contributed by atoms with Crippen LogP contribution in [0.3, 0.4) is 0 Å². The van der Waals surface area contributed by atoms with Crippen molar-refractivity contribution in [3.63, 3.8) is 0 Å². The number of carbonyl (C=O) groups is 1. The second-order valence-electron chi connectivity index (χ2n) is 6.40. The predicted octanol–water partition coefficient (Wildman–Crippen LogP) is 1.87. The first-order valence-corrected chi connectivity index (χ1v) is 9.00.